The van der Waals surface area contributed by atoms with Gasteiger partial charge < -0.3 is 10.2 Å². The Hall–Kier alpha value is -2.29. The second-order valence-corrected chi connectivity index (χ2v) is 4.26. The first-order valence-electron chi connectivity index (χ1n) is 5.63. The van der Waals surface area contributed by atoms with Gasteiger partial charge in [0, 0.05) is 0 Å². The number of carboxylic acids is 1. The molecule has 0 fully saturated rings. The van der Waals surface area contributed by atoms with Crippen molar-refractivity contribution in [2.45, 2.75) is 13.8 Å². The second kappa shape index (κ2) is 4.53. The third-order valence-electron chi connectivity index (χ3n) is 3.20. The molecule has 0 amide bonds. The maximum atomic E-state index is 11.0. The molecule has 92 valence electrons. The monoisotopic (exact) mass is 242 g/mol. The number of aromatic hydroxyl groups is 1. The Kier molecular flexibility index (Phi) is 3.06. The van der Waals surface area contributed by atoms with Crippen LogP contribution in [0.25, 0.3) is 11.1 Å². The number of benzene rings is 2. The Morgan fingerprint density at radius 3 is 2.11 bits per heavy atom. The van der Waals surface area contributed by atoms with E-state index in [2.05, 4.69) is 0 Å². The van der Waals surface area contributed by atoms with E-state index in [1.54, 1.807) is 24.3 Å². The van der Waals surface area contributed by atoms with Crippen LogP contribution in [0.4, 0.5) is 0 Å². The highest BCUT2D eigenvalue weighted by atomic mass is 16.4. The normalized spacial score (nSPS) is 10.3. The first-order chi connectivity index (χ1) is 8.50. The van der Waals surface area contributed by atoms with Crippen LogP contribution in [0.15, 0.2) is 36.4 Å². The molecule has 2 aromatic rings. The Bertz CT molecular complexity index is 598. The van der Waals surface area contributed by atoms with E-state index < -0.39 is 5.97 Å². The molecule has 18 heavy (non-hydrogen) atoms. The first kappa shape index (κ1) is 12.2. The molecular formula is C15H14O3. The summed E-state index contributed by atoms with van der Waals surface area (Å²) in [5, 5.41) is 18.3. The molecule has 0 aromatic heterocycles. The molecule has 0 heterocycles. The van der Waals surface area contributed by atoms with Gasteiger partial charge in [-0.15, -0.1) is 0 Å². The fraction of sp³-hybridized carbons (Fsp3) is 0.133. The lowest BCUT2D eigenvalue weighted by molar-refractivity contribution is 0.0696. The molecule has 2 N–H and O–H groups in total. The minimum absolute atomic E-state index is 0.218. The topological polar surface area (TPSA) is 57.5 Å². The zero-order valence-electron chi connectivity index (χ0n) is 10.3. The van der Waals surface area contributed by atoms with Gasteiger partial charge in [-0.1, -0.05) is 18.2 Å². The van der Waals surface area contributed by atoms with Crippen LogP contribution in [0.1, 0.15) is 21.5 Å². The fourth-order valence-corrected chi connectivity index (χ4v) is 2.01. The van der Waals surface area contributed by atoms with E-state index in [-0.39, 0.29) is 5.75 Å². The third kappa shape index (κ3) is 2.07. The highest BCUT2D eigenvalue weighted by Crippen LogP contribution is 2.28. The summed E-state index contributed by atoms with van der Waals surface area (Å²) in [6, 6.07) is 10.3. The Morgan fingerprint density at radius 1 is 0.944 bits per heavy atom. The van der Waals surface area contributed by atoms with Gasteiger partial charge in [0.05, 0.1) is 5.56 Å². The molecule has 0 saturated carbocycles. The van der Waals surface area contributed by atoms with Crippen molar-refractivity contribution < 1.29 is 15.0 Å². The van der Waals surface area contributed by atoms with Crippen LogP contribution >= 0.6 is 0 Å². The molecule has 0 radical (unpaired) electrons. The lowest BCUT2D eigenvalue weighted by atomic mass is 9.93. The van der Waals surface area contributed by atoms with Gasteiger partial charge in [-0.25, -0.2) is 4.79 Å². The van der Waals surface area contributed by atoms with E-state index >= 15 is 0 Å². The van der Waals surface area contributed by atoms with Gasteiger partial charge in [0.1, 0.15) is 5.75 Å². The number of hydrogen-bond donors (Lipinski definition) is 2. The van der Waals surface area contributed by atoms with Crippen molar-refractivity contribution in [3.8, 4) is 16.9 Å². The Balaban J connectivity index is 2.57. The van der Waals surface area contributed by atoms with Crippen LogP contribution in [0.3, 0.4) is 0 Å². The van der Waals surface area contributed by atoms with E-state index in [0.717, 1.165) is 22.3 Å². The average Bonchev–Trinajstić information content (AvgIpc) is 2.33. The van der Waals surface area contributed by atoms with Gasteiger partial charge in [0.25, 0.3) is 0 Å². The molecule has 2 rings (SSSR count). The molecule has 0 atom stereocenters. The lowest BCUT2D eigenvalue weighted by Gasteiger charge is -2.11. The summed E-state index contributed by atoms with van der Waals surface area (Å²) >= 11 is 0. The second-order valence-electron chi connectivity index (χ2n) is 4.26. The van der Waals surface area contributed by atoms with Gasteiger partial charge in [0.2, 0.25) is 0 Å². The Morgan fingerprint density at radius 2 is 1.56 bits per heavy atom. The predicted octanol–water partition coefficient (Wildman–Crippen LogP) is 3.37. The van der Waals surface area contributed by atoms with Crippen LogP contribution in [-0.4, -0.2) is 16.2 Å². The zero-order chi connectivity index (χ0) is 13.3. The van der Waals surface area contributed by atoms with E-state index in [0.29, 0.717) is 5.56 Å². The standard InChI is InChI=1S/C15H14O3/c1-9-10(2)14(15(17)18)8-7-13(9)11-3-5-12(16)6-4-11/h3-8,16H,1-2H3,(H,17,18). The quantitative estimate of drug-likeness (QED) is 0.848. The fourth-order valence-electron chi connectivity index (χ4n) is 2.01. The number of carboxylic acid groups (broad SMARTS) is 1. The Labute approximate surface area is 105 Å². The molecule has 0 spiro atoms. The van der Waals surface area contributed by atoms with Gasteiger partial charge in [0.15, 0.2) is 0 Å². The van der Waals surface area contributed by atoms with Crippen molar-refractivity contribution in [3.63, 3.8) is 0 Å². The molecule has 0 bridgehead atoms. The maximum Gasteiger partial charge on any atom is 0.335 e. The third-order valence-corrected chi connectivity index (χ3v) is 3.20. The number of hydrogen-bond acceptors (Lipinski definition) is 2. The summed E-state index contributed by atoms with van der Waals surface area (Å²) in [7, 11) is 0. The van der Waals surface area contributed by atoms with Crippen LogP contribution in [0.5, 0.6) is 5.75 Å². The molecule has 3 heteroatoms. The molecule has 0 unspecified atom stereocenters. The zero-order valence-corrected chi connectivity index (χ0v) is 10.3. The van der Waals surface area contributed by atoms with Crippen molar-refractivity contribution in [2.75, 3.05) is 0 Å². The number of rotatable bonds is 2. The highest BCUT2D eigenvalue weighted by Gasteiger charge is 2.12. The van der Waals surface area contributed by atoms with Gasteiger partial charge in [-0.05, 0) is 54.3 Å². The molecular weight excluding hydrogens is 228 g/mol. The smallest absolute Gasteiger partial charge is 0.335 e. The van der Waals surface area contributed by atoms with Crippen molar-refractivity contribution in [2.24, 2.45) is 0 Å². The largest absolute Gasteiger partial charge is 0.508 e. The van der Waals surface area contributed by atoms with E-state index in [4.69, 9.17) is 5.11 Å². The minimum Gasteiger partial charge on any atom is -0.508 e. The highest BCUT2D eigenvalue weighted by molar-refractivity contribution is 5.91. The van der Waals surface area contributed by atoms with Crippen molar-refractivity contribution in [1.82, 2.24) is 0 Å². The number of phenolic OH excluding ortho intramolecular Hbond substituents is 1. The van der Waals surface area contributed by atoms with Gasteiger partial charge >= 0.3 is 5.97 Å². The van der Waals surface area contributed by atoms with Crippen LogP contribution in [0, 0.1) is 13.8 Å². The molecule has 3 nitrogen and oxygen atoms in total. The van der Waals surface area contributed by atoms with Crippen LogP contribution in [0.2, 0.25) is 0 Å². The van der Waals surface area contributed by atoms with E-state index in [1.807, 2.05) is 26.0 Å². The number of aromatic carboxylic acids is 1. The first-order valence-corrected chi connectivity index (χ1v) is 5.63. The molecule has 2 aromatic carbocycles. The minimum atomic E-state index is -0.909. The molecule has 0 aliphatic heterocycles. The summed E-state index contributed by atoms with van der Waals surface area (Å²) < 4.78 is 0. The number of phenols is 1. The summed E-state index contributed by atoms with van der Waals surface area (Å²) in [5.41, 5.74) is 3.99. The van der Waals surface area contributed by atoms with Crippen molar-refractivity contribution in [3.05, 3.63) is 53.1 Å². The van der Waals surface area contributed by atoms with Gasteiger partial charge in [-0.2, -0.15) is 0 Å². The van der Waals surface area contributed by atoms with E-state index in [1.165, 1.54) is 0 Å². The SMILES string of the molecule is Cc1c(C(=O)O)ccc(-c2ccc(O)cc2)c1C. The van der Waals surface area contributed by atoms with Crippen LogP contribution < -0.4 is 0 Å². The molecule has 0 aliphatic rings. The van der Waals surface area contributed by atoms with Crippen molar-refractivity contribution >= 4 is 5.97 Å². The van der Waals surface area contributed by atoms with Crippen molar-refractivity contribution in [1.29, 1.82) is 0 Å². The lowest BCUT2D eigenvalue weighted by Crippen LogP contribution is -2.02. The average molecular weight is 242 g/mol. The summed E-state index contributed by atoms with van der Waals surface area (Å²) in [6.07, 6.45) is 0. The van der Waals surface area contributed by atoms with Gasteiger partial charge in [-0.3, -0.25) is 0 Å². The molecule has 0 saturated heterocycles. The molecule has 0 aliphatic carbocycles. The number of carbonyl (C=O) groups is 1. The predicted molar refractivity (Wildman–Crippen MR) is 70.0 cm³/mol. The summed E-state index contributed by atoms with van der Waals surface area (Å²) in [5.74, 6) is -0.692. The van der Waals surface area contributed by atoms with E-state index in [9.17, 15) is 9.90 Å². The van der Waals surface area contributed by atoms with Crippen LogP contribution in [-0.2, 0) is 0 Å². The summed E-state index contributed by atoms with van der Waals surface area (Å²) in [6.45, 7) is 3.71. The summed E-state index contributed by atoms with van der Waals surface area (Å²) in [4.78, 5) is 11.0. The maximum absolute atomic E-state index is 11.0.